The van der Waals surface area contributed by atoms with E-state index in [0.29, 0.717) is 0 Å². The molecule has 0 atom stereocenters. The number of carbonyl (C=O) groups excluding carboxylic acids is 3. The summed E-state index contributed by atoms with van der Waals surface area (Å²) < 4.78 is 42.0. The average Bonchev–Trinajstić information content (AvgIpc) is 2.83. The molecule has 0 aromatic heterocycles. The Morgan fingerprint density at radius 3 is 2.06 bits per heavy atom. The fourth-order valence-electron chi connectivity index (χ4n) is 3.17. The summed E-state index contributed by atoms with van der Waals surface area (Å²) in [6.07, 6.45) is 0. The lowest BCUT2D eigenvalue weighted by molar-refractivity contribution is 0.0598. The molecule has 0 bridgehead atoms. The van der Waals surface area contributed by atoms with Gasteiger partial charge in [-0.2, -0.15) is 4.31 Å². The van der Waals surface area contributed by atoms with E-state index in [2.05, 4.69) is 14.8 Å². The smallest absolute Gasteiger partial charge is 0.337 e. The van der Waals surface area contributed by atoms with Gasteiger partial charge in [0.2, 0.25) is 10.0 Å². The number of amides is 1. The molecule has 170 valence electrons. The van der Waals surface area contributed by atoms with Crippen molar-refractivity contribution in [1.82, 2.24) is 4.31 Å². The maximum Gasteiger partial charge on any atom is 0.337 e. The Morgan fingerprint density at radius 2 is 1.50 bits per heavy atom. The van der Waals surface area contributed by atoms with E-state index in [-0.39, 0.29) is 53.6 Å². The van der Waals surface area contributed by atoms with Crippen LogP contribution in [0.1, 0.15) is 31.1 Å². The second kappa shape index (κ2) is 9.90. The van der Waals surface area contributed by atoms with Gasteiger partial charge in [0, 0.05) is 18.8 Å². The molecule has 1 aliphatic rings. The number of esters is 2. The van der Waals surface area contributed by atoms with Crippen LogP contribution >= 0.6 is 0 Å². The Bertz CT molecular complexity index is 1110. The minimum absolute atomic E-state index is 0.0138. The molecule has 11 heteroatoms. The fraction of sp³-hybridized carbons (Fsp3) is 0.286. The number of nitrogens with zero attached hydrogens (tertiary/aromatic N) is 1. The third-order valence-electron chi connectivity index (χ3n) is 4.75. The number of morpholine rings is 1. The van der Waals surface area contributed by atoms with Crippen LogP contribution in [0, 0.1) is 0 Å². The first-order chi connectivity index (χ1) is 15.3. The standard InChI is InChI=1S/C21H22N2O8S/c1-29-20(25)14-11-15(21(26)30-2)13-16(12-14)22-19(24)17-5-3-4-6-18(17)32(27,28)23-7-9-31-10-8-23/h3-6,11-13H,7-10H2,1-2H3,(H,22,24). The second-order valence-electron chi connectivity index (χ2n) is 6.75. The zero-order valence-electron chi connectivity index (χ0n) is 17.5. The van der Waals surface area contributed by atoms with Crippen molar-refractivity contribution in [2.45, 2.75) is 4.90 Å². The number of anilines is 1. The van der Waals surface area contributed by atoms with Crippen molar-refractivity contribution < 1.29 is 37.0 Å². The van der Waals surface area contributed by atoms with Crippen LogP contribution in [0.2, 0.25) is 0 Å². The number of benzene rings is 2. The van der Waals surface area contributed by atoms with Gasteiger partial charge in [-0.25, -0.2) is 18.0 Å². The van der Waals surface area contributed by atoms with Crippen LogP contribution in [0.4, 0.5) is 5.69 Å². The van der Waals surface area contributed by atoms with Gasteiger partial charge in [-0.1, -0.05) is 12.1 Å². The van der Waals surface area contributed by atoms with Gasteiger partial charge in [-0.05, 0) is 30.3 Å². The number of ether oxygens (including phenoxy) is 3. The van der Waals surface area contributed by atoms with E-state index >= 15 is 0 Å². The highest BCUT2D eigenvalue weighted by Crippen LogP contribution is 2.23. The number of rotatable bonds is 6. The SMILES string of the molecule is COC(=O)c1cc(NC(=O)c2ccccc2S(=O)(=O)N2CCOCC2)cc(C(=O)OC)c1. The number of nitrogens with one attached hydrogen (secondary N) is 1. The predicted molar refractivity (Wildman–Crippen MR) is 113 cm³/mol. The highest BCUT2D eigenvalue weighted by Gasteiger charge is 2.30. The average molecular weight is 462 g/mol. The van der Waals surface area contributed by atoms with Gasteiger partial charge in [0.25, 0.3) is 5.91 Å². The molecule has 32 heavy (non-hydrogen) atoms. The molecule has 1 fully saturated rings. The Hall–Kier alpha value is -3.28. The Morgan fingerprint density at radius 1 is 0.938 bits per heavy atom. The van der Waals surface area contributed by atoms with Crippen LogP contribution in [0.5, 0.6) is 0 Å². The van der Waals surface area contributed by atoms with Crippen molar-refractivity contribution in [3.63, 3.8) is 0 Å². The van der Waals surface area contributed by atoms with Crippen LogP contribution in [-0.2, 0) is 24.2 Å². The number of hydrogen-bond donors (Lipinski definition) is 1. The molecule has 1 aliphatic heterocycles. The van der Waals surface area contributed by atoms with Crippen LogP contribution in [0.15, 0.2) is 47.4 Å². The Kier molecular flexibility index (Phi) is 7.23. The maximum absolute atomic E-state index is 13.1. The fourth-order valence-corrected chi connectivity index (χ4v) is 4.77. The van der Waals surface area contributed by atoms with Gasteiger partial charge in [-0.15, -0.1) is 0 Å². The van der Waals surface area contributed by atoms with Crippen LogP contribution in [0.3, 0.4) is 0 Å². The van der Waals surface area contributed by atoms with Gasteiger partial charge in [0.15, 0.2) is 0 Å². The van der Waals surface area contributed by atoms with Crippen molar-refractivity contribution >= 4 is 33.6 Å². The molecule has 1 N–H and O–H groups in total. The van der Waals surface area contributed by atoms with Crippen molar-refractivity contribution in [1.29, 1.82) is 0 Å². The summed E-state index contributed by atoms with van der Waals surface area (Å²) in [6.45, 7) is 0.901. The Labute approximate surface area is 185 Å². The molecule has 1 saturated heterocycles. The van der Waals surface area contributed by atoms with Crippen molar-refractivity contribution in [3.8, 4) is 0 Å². The van der Waals surface area contributed by atoms with Crippen molar-refractivity contribution in [2.24, 2.45) is 0 Å². The molecule has 0 radical (unpaired) electrons. The minimum atomic E-state index is -3.94. The quantitative estimate of drug-likeness (QED) is 0.640. The van der Waals surface area contributed by atoms with E-state index in [9.17, 15) is 22.8 Å². The van der Waals surface area contributed by atoms with Crippen molar-refractivity contribution in [3.05, 3.63) is 59.2 Å². The maximum atomic E-state index is 13.1. The van der Waals surface area contributed by atoms with Gasteiger partial charge < -0.3 is 19.5 Å². The zero-order chi connectivity index (χ0) is 23.3. The van der Waals surface area contributed by atoms with E-state index in [1.54, 1.807) is 0 Å². The van der Waals surface area contributed by atoms with Gasteiger partial charge >= 0.3 is 11.9 Å². The van der Waals surface area contributed by atoms with Crippen LogP contribution in [-0.4, -0.2) is 71.1 Å². The van der Waals surface area contributed by atoms with Crippen LogP contribution < -0.4 is 5.32 Å². The van der Waals surface area contributed by atoms with E-state index in [1.807, 2.05) is 0 Å². The monoisotopic (exact) mass is 462 g/mol. The lowest BCUT2D eigenvalue weighted by Gasteiger charge is -2.26. The molecular formula is C21H22N2O8S. The van der Waals surface area contributed by atoms with Gasteiger partial charge in [0.1, 0.15) is 0 Å². The topological polar surface area (TPSA) is 128 Å². The third-order valence-corrected chi connectivity index (χ3v) is 6.71. The first kappa shape index (κ1) is 23.4. The number of hydrogen-bond acceptors (Lipinski definition) is 8. The summed E-state index contributed by atoms with van der Waals surface area (Å²) in [5.74, 6) is -2.17. The van der Waals surface area contributed by atoms with Crippen LogP contribution in [0.25, 0.3) is 0 Å². The molecule has 2 aromatic rings. The predicted octanol–water partition coefficient (Wildman–Crippen LogP) is 1.53. The first-order valence-electron chi connectivity index (χ1n) is 9.58. The summed E-state index contributed by atoms with van der Waals surface area (Å²) in [5.41, 5.74) is 0.0406. The third kappa shape index (κ3) is 4.96. The normalized spacial score (nSPS) is 14.4. The molecule has 2 aromatic carbocycles. The lowest BCUT2D eigenvalue weighted by atomic mass is 10.1. The summed E-state index contributed by atoms with van der Waals surface area (Å²) in [7, 11) is -1.58. The molecule has 0 saturated carbocycles. The summed E-state index contributed by atoms with van der Waals surface area (Å²) in [5, 5.41) is 2.55. The van der Waals surface area contributed by atoms with E-state index in [1.165, 1.54) is 61.0 Å². The van der Waals surface area contributed by atoms with E-state index < -0.39 is 27.9 Å². The minimum Gasteiger partial charge on any atom is -0.465 e. The summed E-state index contributed by atoms with van der Waals surface area (Å²) >= 11 is 0. The molecule has 0 aliphatic carbocycles. The lowest BCUT2D eigenvalue weighted by Crippen LogP contribution is -2.41. The highest BCUT2D eigenvalue weighted by molar-refractivity contribution is 7.89. The molecule has 0 spiro atoms. The molecule has 1 amide bonds. The second-order valence-corrected chi connectivity index (χ2v) is 8.66. The molecule has 10 nitrogen and oxygen atoms in total. The first-order valence-corrected chi connectivity index (χ1v) is 11.0. The molecule has 3 rings (SSSR count). The zero-order valence-corrected chi connectivity index (χ0v) is 18.3. The molecule has 1 heterocycles. The molecule has 0 unspecified atom stereocenters. The van der Waals surface area contributed by atoms with E-state index in [0.717, 1.165) is 0 Å². The Balaban J connectivity index is 1.96. The highest BCUT2D eigenvalue weighted by atomic mass is 32.2. The van der Waals surface area contributed by atoms with Crippen molar-refractivity contribution in [2.75, 3.05) is 45.8 Å². The largest absolute Gasteiger partial charge is 0.465 e. The number of methoxy groups -OCH3 is 2. The number of carbonyl (C=O) groups is 3. The molecular weight excluding hydrogens is 440 g/mol. The van der Waals surface area contributed by atoms with Gasteiger partial charge in [0.05, 0.1) is 49.0 Å². The van der Waals surface area contributed by atoms with Gasteiger partial charge in [-0.3, -0.25) is 4.79 Å². The summed E-state index contributed by atoms with van der Waals surface area (Å²) in [4.78, 5) is 36.8. The van der Waals surface area contributed by atoms with E-state index in [4.69, 9.17) is 4.74 Å². The summed E-state index contributed by atoms with van der Waals surface area (Å²) in [6, 6.07) is 9.70. The number of sulfonamides is 1.